The molecule has 8 nitrogen and oxygen atoms in total. The molecule has 0 amide bonds. The van der Waals surface area contributed by atoms with Crippen LogP contribution in [-0.2, 0) is 32.0 Å². The Morgan fingerprint density at radius 3 is 2.15 bits per heavy atom. The van der Waals surface area contributed by atoms with Gasteiger partial charge in [-0.05, 0) is 55.0 Å². The van der Waals surface area contributed by atoms with Gasteiger partial charge >= 0.3 is 0 Å². The standard InChI is InChI=1S/C31H30O8/c1-15(32)11-17-5-7-18(8-6-17)19-9-10-21(34)24-20(19)12-29(3)14-30(4)13-22(35)23(16(2)33)27(37)31(30,39)28(38)25(29)26(24)36/h5-10,34,36-37,39H,11-14H2,1-4H3/t29-,30+,31+/m1/s1. The molecule has 202 valence electrons. The molecule has 0 spiro atoms. The number of phenols is 1. The molecule has 3 aliphatic carbocycles. The van der Waals surface area contributed by atoms with Crippen LogP contribution in [0.1, 0.15) is 57.2 Å². The Morgan fingerprint density at radius 1 is 0.923 bits per heavy atom. The smallest absolute Gasteiger partial charge is 0.203 e. The topological polar surface area (TPSA) is 149 Å². The molecule has 2 aromatic carbocycles. The van der Waals surface area contributed by atoms with E-state index in [1.807, 2.05) is 24.3 Å². The third-order valence-electron chi connectivity index (χ3n) is 8.62. The highest BCUT2D eigenvalue weighted by Crippen LogP contribution is 2.62. The number of aliphatic hydroxyl groups is 3. The second-order valence-corrected chi connectivity index (χ2v) is 11.7. The zero-order valence-corrected chi connectivity index (χ0v) is 22.2. The van der Waals surface area contributed by atoms with Gasteiger partial charge in [-0.2, -0.15) is 0 Å². The number of hydrogen-bond acceptors (Lipinski definition) is 8. The van der Waals surface area contributed by atoms with E-state index in [1.165, 1.54) is 19.9 Å². The number of fused-ring (bicyclic) bond motifs is 3. The minimum absolute atomic E-state index is 0.0354. The number of carbonyl (C=O) groups is 4. The van der Waals surface area contributed by atoms with E-state index < -0.39 is 50.9 Å². The van der Waals surface area contributed by atoms with Crippen LogP contribution in [0, 0.1) is 10.8 Å². The number of allylic oxidation sites excluding steroid dienone is 1. The molecule has 3 aliphatic rings. The Labute approximate surface area is 225 Å². The van der Waals surface area contributed by atoms with Gasteiger partial charge < -0.3 is 20.4 Å². The van der Waals surface area contributed by atoms with Crippen molar-refractivity contribution in [3.05, 3.63) is 70.0 Å². The van der Waals surface area contributed by atoms with Gasteiger partial charge in [-0.1, -0.05) is 44.2 Å². The number of phenolic OH excluding ortho intramolecular Hbond substituents is 1. The number of hydrogen-bond donors (Lipinski definition) is 4. The predicted molar refractivity (Wildman–Crippen MR) is 142 cm³/mol. The maximum absolute atomic E-state index is 14.0. The Morgan fingerprint density at radius 2 is 1.56 bits per heavy atom. The van der Waals surface area contributed by atoms with Crippen molar-refractivity contribution in [2.75, 3.05) is 0 Å². The van der Waals surface area contributed by atoms with Crippen molar-refractivity contribution in [3.8, 4) is 16.9 Å². The van der Waals surface area contributed by atoms with E-state index in [0.717, 1.165) is 18.1 Å². The molecular weight excluding hydrogens is 500 g/mol. The first kappa shape index (κ1) is 26.6. The summed E-state index contributed by atoms with van der Waals surface area (Å²) >= 11 is 0. The van der Waals surface area contributed by atoms with Gasteiger partial charge in [0.05, 0.1) is 5.56 Å². The number of aromatic hydroxyl groups is 1. The number of carbonyl (C=O) groups excluding carboxylic acids is 4. The molecule has 3 atom stereocenters. The van der Waals surface area contributed by atoms with Crippen molar-refractivity contribution in [2.24, 2.45) is 10.8 Å². The van der Waals surface area contributed by atoms with Crippen LogP contribution in [0.2, 0.25) is 0 Å². The minimum atomic E-state index is -2.60. The fraction of sp³-hybridized carbons (Fsp3) is 0.355. The van der Waals surface area contributed by atoms with E-state index in [2.05, 4.69) is 0 Å². The molecule has 0 aliphatic heterocycles. The fourth-order valence-corrected chi connectivity index (χ4v) is 7.01. The lowest BCUT2D eigenvalue weighted by molar-refractivity contribution is -0.165. The Balaban J connectivity index is 1.72. The van der Waals surface area contributed by atoms with Crippen LogP contribution in [0.3, 0.4) is 0 Å². The number of Topliss-reactive ketones (excluding diaryl/α,β-unsaturated/α-hetero) is 4. The molecule has 2 aromatic rings. The van der Waals surface area contributed by atoms with Gasteiger partial charge in [-0.15, -0.1) is 0 Å². The maximum atomic E-state index is 14.0. The molecule has 0 unspecified atom stereocenters. The van der Waals surface area contributed by atoms with E-state index in [9.17, 15) is 39.6 Å². The lowest BCUT2D eigenvalue weighted by Gasteiger charge is -2.56. The third kappa shape index (κ3) is 3.61. The fourth-order valence-electron chi connectivity index (χ4n) is 7.01. The molecule has 0 heterocycles. The van der Waals surface area contributed by atoms with Crippen molar-refractivity contribution < 1.29 is 39.6 Å². The third-order valence-corrected chi connectivity index (χ3v) is 8.62. The van der Waals surface area contributed by atoms with Crippen LogP contribution < -0.4 is 0 Å². The molecule has 39 heavy (non-hydrogen) atoms. The lowest BCUT2D eigenvalue weighted by Crippen LogP contribution is -2.65. The highest BCUT2D eigenvalue weighted by molar-refractivity contribution is 6.23. The summed E-state index contributed by atoms with van der Waals surface area (Å²) in [7, 11) is 0. The van der Waals surface area contributed by atoms with Crippen molar-refractivity contribution in [1.82, 2.24) is 0 Å². The molecule has 5 rings (SSSR count). The molecule has 1 fully saturated rings. The normalized spacial score (nSPS) is 28.1. The first-order chi connectivity index (χ1) is 18.1. The Bertz CT molecular complexity index is 1560. The quantitative estimate of drug-likeness (QED) is 0.432. The molecule has 4 N–H and O–H groups in total. The highest BCUT2D eigenvalue weighted by Gasteiger charge is 2.68. The van der Waals surface area contributed by atoms with Gasteiger partial charge in [0.1, 0.15) is 28.6 Å². The molecule has 8 heteroatoms. The second kappa shape index (κ2) is 8.48. The first-order valence-electron chi connectivity index (χ1n) is 12.8. The van der Waals surface area contributed by atoms with Crippen LogP contribution in [0.25, 0.3) is 16.9 Å². The summed E-state index contributed by atoms with van der Waals surface area (Å²) in [5.41, 5.74) is -2.91. The summed E-state index contributed by atoms with van der Waals surface area (Å²) in [4.78, 5) is 50.6. The average molecular weight is 531 g/mol. The highest BCUT2D eigenvalue weighted by atomic mass is 16.3. The SMILES string of the molecule is CC(=O)Cc1ccc(-c2ccc(O)c3c2C[C@]2(C)C[C@]4(C)CC(=O)C(C(C)=O)=C(O)[C@]4(O)C(=O)C2=C3O)cc1. The van der Waals surface area contributed by atoms with E-state index in [4.69, 9.17) is 0 Å². The number of benzene rings is 2. The Kier molecular flexibility index (Phi) is 5.78. The molecule has 0 bridgehead atoms. The summed E-state index contributed by atoms with van der Waals surface area (Å²) < 4.78 is 0. The van der Waals surface area contributed by atoms with E-state index in [-0.39, 0.29) is 41.9 Å². The van der Waals surface area contributed by atoms with Crippen LogP contribution in [0.4, 0.5) is 0 Å². The molecule has 0 radical (unpaired) electrons. The molecule has 1 saturated carbocycles. The van der Waals surface area contributed by atoms with Crippen molar-refractivity contribution >= 4 is 28.9 Å². The van der Waals surface area contributed by atoms with Gasteiger partial charge in [0.25, 0.3) is 0 Å². The molecule has 0 saturated heterocycles. The van der Waals surface area contributed by atoms with Gasteiger partial charge in [-0.3, -0.25) is 19.2 Å². The van der Waals surface area contributed by atoms with Crippen LogP contribution in [-0.4, -0.2) is 49.2 Å². The van der Waals surface area contributed by atoms with Crippen molar-refractivity contribution in [2.45, 2.75) is 59.0 Å². The van der Waals surface area contributed by atoms with E-state index >= 15 is 0 Å². The van der Waals surface area contributed by atoms with E-state index in [1.54, 1.807) is 13.0 Å². The second-order valence-electron chi connectivity index (χ2n) is 11.7. The number of aliphatic hydroxyl groups excluding tert-OH is 2. The van der Waals surface area contributed by atoms with Crippen molar-refractivity contribution in [1.29, 1.82) is 0 Å². The summed E-state index contributed by atoms with van der Waals surface area (Å²) in [5.74, 6) is -4.14. The van der Waals surface area contributed by atoms with Crippen LogP contribution >= 0.6 is 0 Å². The first-order valence-corrected chi connectivity index (χ1v) is 12.8. The molecular formula is C31H30O8. The Hall–Kier alpha value is -4.04. The van der Waals surface area contributed by atoms with Gasteiger partial charge in [0.15, 0.2) is 17.2 Å². The maximum Gasteiger partial charge on any atom is 0.203 e. The zero-order valence-electron chi connectivity index (χ0n) is 22.2. The average Bonchev–Trinajstić information content (AvgIpc) is 2.81. The van der Waals surface area contributed by atoms with Crippen molar-refractivity contribution in [3.63, 3.8) is 0 Å². The lowest BCUT2D eigenvalue weighted by atomic mass is 9.47. The monoisotopic (exact) mass is 530 g/mol. The minimum Gasteiger partial charge on any atom is -0.508 e. The van der Waals surface area contributed by atoms with E-state index in [0.29, 0.717) is 17.5 Å². The predicted octanol–water partition coefficient (Wildman–Crippen LogP) is 4.11. The summed E-state index contributed by atoms with van der Waals surface area (Å²) in [6.07, 6.45) is 0.189. The zero-order chi connectivity index (χ0) is 28.7. The number of ketones is 4. The van der Waals surface area contributed by atoms with Crippen LogP contribution in [0.5, 0.6) is 5.75 Å². The number of rotatable bonds is 4. The van der Waals surface area contributed by atoms with Gasteiger partial charge in [0.2, 0.25) is 5.78 Å². The van der Waals surface area contributed by atoms with Crippen LogP contribution in [0.15, 0.2) is 53.3 Å². The van der Waals surface area contributed by atoms with Gasteiger partial charge in [-0.25, -0.2) is 0 Å². The summed E-state index contributed by atoms with van der Waals surface area (Å²) in [5, 5.41) is 45.0. The molecule has 0 aromatic heterocycles. The summed E-state index contributed by atoms with van der Waals surface area (Å²) in [6, 6.07) is 10.5. The largest absolute Gasteiger partial charge is 0.508 e. The summed E-state index contributed by atoms with van der Waals surface area (Å²) in [6.45, 7) is 5.87. The van der Waals surface area contributed by atoms with Gasteiger partial charge in [0, 0.05) is 29.2 Å².